The molecule has 0 aromatic heterocycles. The zero-order chi connectivity index (χ0) is 17.1. The van der Waals surface area contributed by atoms with Gasteiger partial charge in [-0.2, -0.15) is 0 Å². The molecule has 1 saturated heterocycles. The van der Waals surface area contributed by atoms with E-state index < -0.39 is 11.9 Å². The standard InChI is InChI=1S/C18H16BrNO4/c1-23-16-4-2-3-14(10-16)20-11-12(9-17(20)21)18(22)24-15-7-5-13(19)6-8-15/h2-8,10,12H,9,11H2,1H3/t12-/m1/s1. The number of nitrogens with zero attached hydrogens (tertiary/aromatic N) is 1. The van der Waals surface area contributed by atoms with Crippen molar-refractivity contribution < 1.29 is 19.1 Å². The zero-order valence-corrected chi connectivity index (χ0v) is 14.7. The van der Waals surface area contributed by atoms with Crippen LogP contribution in [-0.4, -0.2) is 25.5 Å². The molecular weight excluding hydrogens is 374 g/mol. The molecule has 1 fully saturated rings. The molecule has 2 aromatic rings. The van der Waals surface area contributed by atoms with Crippen molar-refractivity contribution in [3.63, 3.8) is 0 Å². The van der Waals surface area contributed by atoms with Crippen molar-refractivity contribution in [2.24, 2.45) is 5.92 Å². The van der Waals surface area contributed by atoms with Crippen LogP contribution in [0.2, 0.25) is 0 Å². The van der Waals surface area contributed by atoms with Crippen LogP contribution in [0.4, 0.5) is 5.69 Å². The molecule has 0 unspecified atom stereocenters. The van der Waals surface area contributed by atoms with Crippen LogP contribution in [0.5, 0.6) is 11.5 Å². The van der Waals surface area contributed by atoms with E-state index in [1.165, 1.54) is 0 Å². The number of benzene rings is 2. The van der Waals surface area contributed by atoms with Crippen LogP contribution in [-0.2, 0) is 9.59 Å². The Bertz CT molecular complexity index is 760. The molecule has 1 aliphatic rings. The predicted molar refractivity (Wildman–Crippen MR) is 93.2 cm³/mol. The SMILES string of the molecule is COc1cccc(N2C[C@H](C(=O)Oc3ccc(Br)cc3)CC2=O)c1. The molecule has 3 rings (SSSR count). The second-order valence-corrected chi connectivity index (χ2v) is 6.40. The van der Waals surface area contributed by atoms with Gasteiger partial charge in [0.15, 0.2) is 0 Å². The van der Waals surface area contributed by atoms with Crippen molar-refractivity contribution >= 4 is 33.5 Å². The summed E-state index contributed by atoms with van der Waals surface area (Å²) in [5.74, 6) is 0.168. The Morgan fingerprint density at radius 3 is 2.62 bits per heavy atom. The Hall–Kier alpha value is -2.34. The summed E-state index contributed by atoms with van der Waals surface area (Å²) in [6, 6.07) is 14.2. The number of hydrogen-bond donors (Lipinski definition) is 0. The number of hydrogen-bond acceptors (Lipinski definition) is 4. The minimum Gasteiger partial charge on any atom is -0.497 e. The fourth-order valence-electron chi connectivity index (χ4n) is 2.60. The van der Waals surface area contributed by atoms with E-state index in [0.29, 0.717) is 18.0 Å². The summed E-state index contributed by atoms with van der Waals surface area (Å²) in [6.07, 6.45) is 0.145. The first kappa shape index (κ1) is 16.5. The lowest BCUT2D eigenvalue weighted by Gasteiger charge is -2.17. The summed E-state index contributed by atoms with van der Waals surface area (Å²) in [4.78, 5) is 26.2. The van der Waals surface area contributed by atoms with Gasteiger partial charge in [0.05, 0.1) is 13.0 Å². The third-order valence-corrected chi connectivity index (χ3v) is 4.38. The molecule has 124 valence electrons. The van der Waals surface area contributed by atoms with E-state index in [1.54, 1.807) is 42.3 Å². The molecule has 1 amide bonds. The number of amides is 1. The first-order chi connectivity index (χ1) is 11.6. The predicted octanol–water partition coefficient (Wildman–Crippen LogP) is 3.42. The number of anilines is 1. The quantitative estimate of drug-likeness (QED) is 0.593. The van der Waals surface area contributed by atoms with E-state index in [1.807, 2.05) is 18.2 Å². The Labute approximate surface area is 148 Å². The maximum atomic E-state index is 12.3. The first-order valence-electron chi connectivity index (χ1n) is 7.48. The minimum atomic E-state index is -0.479. The summed E-state index contributed by atoms with van der Waals surface area (Å²) in [7, 11) is 1.57. The molecule has 0 spiro atoms. The lowest BCUT2D eigenvalue weighted by molar-refractivity contribution is -0.139. The maximum Gasteiger partial charge on any atom is 0.316 e. The van der Waals surface area contributed by atoms with Crippen LogP contribution in [0.15, 0.2) is 53.0 Å². The van der Waals surface area contributed by atoms with Crippen molar-refractivity contribution in [3.8, 4) is 11.5 Å². The second-order valence-electron chi connectivity index (χ2n) is 5.48. The average molecular weight is 390 g/mol. The van der Waals surface area contributed by atoms with Crippen molar-refractivity contribution in [2.45, 2.75) is 6.42 Å². The summed E-state index contributed by atoms with van der Waals surface area (Å²) in [6.45, 7) is 0.307. The number of ether oxygens (including phenoxy) is 2. The highest BCUT2D eigenvalue weighted by molar-refractivity contribution is 9.10. The Kier molecular flexibility index (Phi) is 4.85. The van der Waals surface area contributed by atoms with Gasteiger partial charge in [-0.3, -0.25) is 9.59 Å². The number of rotatable bonds is 4. The molecule has 1 aliphatic heterocycles. The van der Waals surface area contributed by atoms with Crippen molar-refractivity contribution in [2.75, 3.05) is 18.6 Å². The zero-order valence-electron chi connectivity index (χ0n) is 13.1. The van der Waals surface area contributed by atoms with E-state index in [9.17, 15) is 9.59 Å². The molecular formula is C18H16BrNO4. The molecule has 1 heterocycles. The van der Waals surface area contributed by atoms with Crippen LogP contribution in [0.3, 0.4) is 0 Å². The van der Waals surface area contributed by atoms with Gasteiger partial charge in [0, 0.05) is 29.2 Å². The van der Waals surface area contributed by atoms with Gasteiger partial charge in [-0.1, -0.05) is 22.0 Å². The van der Waals surface area contributed by atoms with Gasteiger partial charge in [-0.15, -0.1) is 0 Å². The molecule has 24 heavy (non-hydrogen) atoms. The van der Waals surface area contributed by atoms with Gasteiger partial charge < -0.3 is 14.4 Å². The molecule has 5 nitrogen and oxygen atoms in total. The highest BCUT2D eigenvalue weighted by atomic mass is 79.9. The average Bonchev–Trinajstić information content (AvgIpc) is 2.99. The van der Waals surface area contributed by atoms with E-state index in [0.717, 1.165) is 10.2 Å². The molecule has 0 saturated carbocycles. The molecule has 0 radical (unpaired) electrons. The normalized spacial score (nSPS) is 17.0. The Morgan fingerprint density at radius 2 is 1.92 bits per heavy atom. The third-order valence-electron chi connectivity index (χ3n) is 3.86. The van der Waals surface area contributed by atoms with Gasteiger partial charge in [0.25, 0.3) is 0 Å². The molecule has 2 aromatic carbocycles. The van der Waals surface area contributed by atoms with Crippen LogP contribution >= 0.6 is 15.9 Å². The number of esters is 1. The Balaban J connectivity index is 1.69. The van der Waals surface area contributed by atoms with Gasteiger partial charge >= 0.3 is 5.97 Å². The van der Waals surface area contributed by atoms with Gasteiger partial charge in [0.2, 0.25) is 5.91 Å². The molecule has 0 bridgehead atoms. The van der Waals surface area contributed by atoms with E-state index >= 15 is 0 Å². The van der Waals surface area contributed by atoms with Gasteiger partial charge in [-0.25, -0.2) is 0 Å². The topological polar surface area (TPSA) is 55.8 Å². The molecule has 0 N–H and O–H groups in total. The lowest BCUT2D eigenvalue weighted by atomic mass is 10.1. The van der Waals surface area contributed by atoms with Crippen molar-refractivity contribution in [1.82, 2.24) is 0 Å². The molecule has 6 heteroatoms. The lowest BCUT2D eigenvalue weighted by Crippen LogP contribution is -2.27. The van der Waals surface area contributed by atoms with Crippen molar-refractivity contribution in [1.29, 1.82) is 0 Å². The number of carbonyl (C=O) groups excluding carboxylic acids is 2. The van der Waals surface area contributed by atoms with Gasteiger partial charge in [0.1, 0.15) is 11.5 Å². The van der Waals surface area contributed by atoms with Crippen LogP contribution in [0, 0.1) is 5.92 Å². The van der Waals surface area contributed by atoms with E-state index in [2.05, 4.69) is 15.9 Å². The summed E-state index contributed by atoms with van der Waals surface area (Å²) < 4.78 is 11.5. The van der Waals surface area contributed by atoms with Gasteiger partial charge in [-0.05, 0) is 36.4 Å². The second kappa shape index (κ2) is 7.05. The van der Waals surface area contributed by atoms with E-state index in [4.69, 9.17) is 9.47 Å². The number of methoxy groups -OCH3 is 1. The molecule has 1 atom stereocenters. The monoisotopic (exact) mass is 389 g/mol. The fraction of sp³-hybridized carbons (Fsp3) is 0.222. The largest absolute Gasteiger partial charge is 0.497 e. The van der Waals surface area contributed by atoms with Crippen LogP contribution < -0.4 is 14.4 Å². The van der Waals surface area contributed by atoms with Crippen LogP contribution in [0.25, 0.3) is 0 Å². The number of halogens is 1. The number of carbonyl (C=O) groups is 2. The highest BCUT2D eigenvalue weighted by Gasteiger charge is 2.36. The first-order valence-corrected chi connectivity index (χ1v) is 8.28. The summed E-state index contributed by atoms with van der Waals surface area (Å²) >= 11 is 3.33. The van der Waals surface area contributed by atoms with Crippen molar-refractivity contribution in [3.05, 3.63) is 53.0 Å². The minimum absolute atomic E-state index is 0.0963. The Morgan fingerprint density at radius 1 is 1.17 bits per heavy atom. The maximum absolute atomic E-state index is 12.3. The summed E-state index contributed by atoms with van der Waals surface area (Å²) in [5, 5.41) is 0. The third kappa shape index (κ3) is 3.59. The van der Waals surface area contributed by atoms with E-state index in [-0.39, 0.29) is 12.3 Å². The molecule has 0 aliphatic carbocycles. The highest BCUT2D eigenvalue weighted by Crippen LogP contribution is 2.29. The van der Waals surface area contributed by atoms with Crippen LogP contribution in [0.1, 0.15) is 6.42 Å². The fourth-order valence-corrected chi connectivity index (χ4v) is 2.86. The summed E-state index contributed by atoms with van der Waals surface area (Å²) in [5.41, 5.74) is 0.721. The smallest absolute Gasteiger partial charge is 0.316 e.